The van der Waals surface area contributed by atoms with Gasteiger partial charge < -0.3 is 0 Å². The van der Waals surface area contributed by atoms with Gasteiger partial charge in [-0.1, -0.05) is 0 Å². The predicted octanol–water partition coefficient (Wildman–Crippen LogP) is 7.14. The molecule has 2 aliphatic carbocycles. The molecule has 0 N–H and O–H groups in total. The van der Waals surface area contributed by atoms with E-state index in [1.54, 1.807) is 0 Å². The summed E-state index contributed by atoms with van der Waals surface area (Å²) in [7, 11) is 15.3. The summed E-state index contributed by atoms with van der Waals surface area (Å²) in [5.41, 5.74) is 5.62. The summed E-state index contributed by atoms with van der Waals surface area (Å²) in [4.78, 5) is 0. The van der Waals surface area contributed by atoms with Gasteiger partial charge in [0.25, 0.3) is 0 Å². The van der Waals surface area contributed by atoms with Gasteiger partial charge in [-0.05, 0) is 0 Å². The minimum atomic E-state index is -3.76. The van der Waals surface area contributed by atoms with Crippen molar-refractivity contribution in [3.8, 4) is 0 Å². The molecular formula is C18H29Cl2SiTi. The summed E-state index contributed by atoms with van der Waals surface area (Å²) in [5, 5.41) is 0. The summed E-state index contributed by atoms with van der Waals surface area (Å²) in [5.74, 6) is 0. The van der Waals surface area contributed by atoms with E-state index in [4.69, 9.17) is 18.6 Å². The van der Waals surface area contributed by atoms with Crippen LogP contribution in [0.4, 0.5) is 0 Å². The molecule has 0 nitrogen and oxygen atoms in total. The molecule has 22 heavy (non-hydrogen) atoms. The van der Waals surface area contributed by atoms with Gasteiger partial charge in [-0.3, -0.25) is 0 Å². The molecule has 0 aliphatic heterocycles. The van der Waals surface area contributed by atoms with E-state index < -0.39 is 19.1 Å². The molecule has 2 atom stereocenters. The number of hydrogen-bond acceptors (Lipinski definition) is 0. The van der Waals surface area contributed by atoms with Gasteiger partial charge in [0.05, 0.1) is 0 Å². The van der Waals surface area contributed by atoms with Crippen molar-refractivity contribution < 1.29 is 12.4 Å². The van der Waals surface area contributed by atoms with Crippen molar-refractivity contribution in [2.75, 3.05) is 0 Å². The fraction of sp³-hybridized carbons (Fsp3) is 0.556. The molecule has 0 heterocycles. The topological polar surface area (TPSA) is 0 Å². The van der Waals surface area contributed by atoms with Crippen molar-refractivity contribution in [3.05, 3.63) is 46.6 Å². The van der Waals surface area contributed by atoms with Crippen LogP contribution in [0.3, 0.4) is 0 Å². The normalized spacial score (nSPS) is 27.2. The Balaban J connectivity index is 2.62. The molecule has 0 fully saturated rings. The quantitative estimate of drug-likeness (QED) is 0.437. The van der Waals surface area contributed by atoms with Gasteiger partial charge in [-0.15, -0.1) is 0 Å². The van der Waals surface area contributed by atoms with Crippen LogP contribution in [0.25, 0.3) is 0 Å². The average molecular weight is 392 g/mol. The van der Waals surface area contributed by atoms with Crippen molar-refractivity contribution >= 4 is 25.3 Å². The van der Waals surface area contributed by atoms with Gasteiger partial charge >= 0.3 is 146 Å². The van der Waals surface area contributed by atoms with Crippen LogP contribution in [0.2, 0.25) is 21.5 Å². The molecule has 0 aromatic carbocycles. The number of hydrogen-bond donors (Lipinski definition) is 0. The molecule has 0 aromatic heterocycles. The van der Waals surface area contributed by atoms with Crippen LogP contribution in [0.1, 0.15) is 40.5 Å². The van der Waals surface area contributed by atoms with Crippen molar-refractivity contribution in [2.24, 2.45) is 0 Å². The fourth-order valence-corrected chi connectivity index (χ4v) is 23.8. The van der Waals surface area contributed by atoms with Crippen LogP contribution < -0.4 is 0 Å². The first kappa shape index (κ1) is 18.8. The Morgan fingerprint density at radius 2 is 1.27 bits per heavy atom. The van der Waals surface area contributed by atoms with E-state index in [1.807, 2.05) is 0 Å². The number of allylic oxidation sites excluding steroid dienone is 8. The maximum atomic E-state index is 7.67. The molecule has 0 aromatic rings. The van der Waals surface area contributed by atoms with Crippen LogP contribution >= 0.6 is 18.6 Å². The van der Waals surface area contributed by atoms with E-state index in [0.29, 0.717) is 8.45 Å². The van der Waals surface area contributed by atoms with Crippen molar-refractivity contribution in [1.82, 2.24) is 0 Å². The second kappa shape index (κ2) is 6.41. The summed E-state index contributed by atoms with van der Waals surface area (Å²) in [6.07, 6.45) is 11.5. The average Bonchev–Trinajstić information content (AvgIpc) is 3.02. The zero-order valence-corrected chi connectivity index (χ0v) is 18.9. The third kappa shape index (κ3) is 2.82. The molecule has 123 valence electrons. The zero-order valence-electron chi connectivity index (χ0n) is 14.7. The van der Waals surface area contributed by atoms with Gasteiger partial charge in [0.15, 0.2) is 0 Å². The van der Waals surface area contributed by atoms with Gasteiger partial charge in [0, 0.05) is 0 Å². The van der Waals surface area contributed by atoms with E-state index in [2.05, 4.69) is 65.1 Å². The van der Waals surface area contributed by atoms with E-state index in [0.717, 1.165) is 12.8 Å². The third-order valence-corrected chi connectivity index (χ3v) is 41.2. The Kier molecular flexibility index (Phi) is 5.48. The first-order valence-corrected chi connectivity index (χ1v) is 20.2. The molecule has 0 saturated carbocycles. The van der Waals surface area contributed by atoms with E-state index in [1.165, 1.54) is 22.3 Å². The summed E-state index contributed by atoms with van der Waals surface area (Å²) < 4.78 is 0.637. The fourth-order valence-electron chi connectivity index (χ4n) is 4.18. The monoisotopic (exact) mass is 391 g/mol. The number of rotatable bonds is 5. The van der Waals surface area contributed by atoms with E-state index >= 15 is 0 Å². The Bertz CT molecular complexity index is 550. The minimum absolute atomic E-state index is 0.319. The van der Waals surface area contributed by atoms with Crippen LogP contribution in [-0.2, 0) is 12.4 Å². The Labute approximate surface area is 145 Å². The zero-order chi connectivity index (χ0) is 16.7. The van der Waals surface area contributed by atoms with Gasteiger partial charge in [0.1, 0.15) is 0 Å². The summed E-state index contributed by atoms with van der Waals surface area (Å²) >= 11 is -3.76. The first-order valence-electron chi connectivity index (χ1n) is 8.50. The Morgan fingerprint density at radius 1 is 0.909 bits per heavy atom. The van der Waals surface area contributed by atoms with Crippen LogP contribution in [-0.4, -0.2) is 6.66 Å². The standard InChI is InChI=1S/2C8H11.C2H7Si.2ClH.Ti/c2*1-3-8-5-4-7(2)6-8;1-3-2;;;/h2*4-6H,3H2,1-2H3;3H,1-2H3;2*1H;/q;;;;;+2/p-2. The third-order valence-electron chi connectivity index (χ3n) is 5.59. The first-order chi connectivity index (χ1) is 10.1. The molecule has 0 bridgehead atoms. The van der Waals surface area contributed by atoms with Crippen LogP contribution in [0.15, 0.2) is 46.6 Å². The predicted molar refractivity (Wildman–Crippen MR) is 102 cm³/mol. The van der Waals surface area contributed by atoms with E-state index in [-0.39, 0.29) is 0 Å². The second-order valence-electron chi connectivity index (χ2n) is 7.30. The molecule has 0 radical (unpaired) electrons. The second-order valence-corrected chi connectivity index (χ2v) is 36.7. The Hall–Kier alpha value is 0.471. The molecule has 2 rings (SSSR count). The molecule has 0 saturated heterocycles. The summed E-state index contributed by atoms with van der Waals surface area (Å²) in [6, 6.07) is 0. The SMILES string of the molecule is CCC1=CC(C)=C[CH]1[Ti]([Cl])([Cl])([CH]1C=C(C)C=C1CC)[SiH](C)C. The van der Waals surface area contributed by atoms with Crippen LogP contribution in [0.5, 0.6) is 0 Å². The van der Waals surface area contributed by atoms with Gasteiger partial charge in [-0.25, -0.2) is 0 Å². The molecule has 4 heteroatoms. The van der Waals surface area contributed by atoms with Gasteiger partial charge in [-0.2, -0.15) is 0 Å². The molecular weight excluding hydrogens is 363 g/mol. The molecule has 0 amide bonds. The van der Waals surface area contributed by atoms with Crippen molar-refractivity contribution in [3.63, 3.8) is 0 Å². The van der Waals surface area contributed by atoms with E-state index in [9.17, 15) is 0 Å². The molecule has 2 aliphatic rings. The molecule has 0 spiro atoms. The molecule has 2 unspecified atom stereocenters. The van der Waals surface area contributed by atoms with Gasteiger partial charge in [0.2, 0.25) is 0 Å². The Morgan fingerprint density at radius 3 is 1.55 bits per heavy atom. The van der Waals surface area contributed by atoms with Crippen LogP contribution in [0, 0.1) is 0 Å². The maximum absolute atomic E-state index is 7.67. The van der Waals surface area contributed by atoms with Crippen molar-refractivity contribution in [1.29, 1.82) is 0 Å². The summed E-state index contributed by atoms with van der Waals surface area (Å²) in [6.45, 7) is 12.4. The number of halogens is 2. The van der Waals surface area contributed by atoms with Crippen molar-refractivity contribution in [2.45, 2.75) is 62.1 Å².